The fraction of sp³-hybridized carbons (Fsp3) is 0.387. The summed E-state index contributed by atoms with van der Waals surface area (Å²) in [7, 11) is 0. The van der Waals surface area contributed by atoms with Crippen LogP contribution in [0.4, 0.5) is 28.9 Å². The van der Waals surface area contributed by atoms with Gasteiger partial charge in [-0.15, -0.1) is 5.53 Å². The van der Waals surface area contributed by atoms with E-state index in [4.69, 9.17) is 0 Å². The van der Waals surface area contributed by atoms with Crippen LogP contribution in [0.15, 0.2) is 54.5 Å². The number of aromatic nitrogens is 1. The number of halogens is 4. The summed E-state index contributed by atoms with van der Waals surface area (Å²) in [6.07, 6.45) is 1.34. The standard InChI is InChI=1S/C31H30F4N8/c1-29(2)9-3-4-25(29)40-27-20(15-37)16-38-26-19(14-36)12-22(13-23(26)27)39-28(18-5-7-21(32)8-6-18)24-17-43(42-41-24)30(10-11-30)31(33,34)35/h5-8,12-13,16-17,25,28,39,41-42H,3-4,9-11H2,1-2H3,(H,38,40)/t25?,28-/m0/s1. The van der Waals surface area contributed by atoms with Gasteiger partial charge in [0.1, 0.15) is 18.0 Å². The molecule has 4 N–H and O–H groups in total. The van der Waals surface area contributed by atoms with Gasteiger partial charge in [-0.3, -0.25) is 9.99 Å². The minimum Gasteiger partial charge on any atom is -0.380 e. The highest BCUT2D eigenvalue weighted by molar-refractivity contribution is 5.99. The van der Waals surface area contributed by atoms with Crippen molar-refractivity contribution in [2.45, 2.75) is 69.8 Å². The van der Waals surface area contributed by atoms with Gasteiger partial charge in [0, 0.05) is 29.5 Å². The number of alkyl halides is 3. The zero-order valence-corrected chi connectivity index (χ0v) is 23.6. The summed E-state index contributed by atoms with van der Waals surface area (Å²) in [5, 5.41) is 28.5. The van der Waals surface area contributed by atoms with Crippen LogP contribution < -0.4 is 21.6 Å². The lowest BCUT2D eigenvalue weighted by Crippen LogP contribution is -2.52. The number of nitriles is 2. The molecule has 0 bridgehead atoms. The fourth-order valence-electron chi connectivity index (χ4n) is 6.13. The van der Waals surface area contributed by atoms with Gasteiger partial charge < -0.3 is 16.1 Å². The first-order valence-electron chi connectivity index (χ1n) is 14.1. The Morgan fingerprint density at radius 3 is 2.40 bits per heavy atom. The third-order valence-electron chi connectivity index (χ3n) is 8.91. The molecule has 3 aromatic rings. The monoisotopic (exact) mass is 590 g/mol. The number of nitrogens with zero attached hydrogens (tertiary/aromatic N) is 4. The lowest BCUT2D eigenvalue weighted by Gasteiger charge is -2.29. The molecule has 2 fully saturated rings. The van der Waals surface area contributed by atoms with Crippen LogP contribution in [-0.2, 0) is 0 Å². The van der Waals surface area contributed by atoms with E-state index < -0.39 is 23.6 Å². The van der Waals surface area contributed by atoms with Crippen molar-refractivity contribution in [1.82, 2.24) is 21.0 Å². The average molecular weight is 591 g/mol. The van der Waals surface area contributed by atoms with Crippen molar-refractivity contribution in [1.29, 1.82) is 10.5 Å². The largest absolute Gasteiger partial charge is 0.413 e. The molecule has 2 saturated carbocycles. The average Bonchev–Trinajstić information content (AvgIpc) is 3.54. The predicted octanol–water partition coefficient (Wildman–Crippen LogP) is 6.52. The minimum atomic E-state index is -4.44. The second-order valence-corrected chi connectivity index (χ2v) is 12.1. The van der Waals surface area contributed by atoms with E-state index in [0.717, 1.165) is 24.3 Å². The topological polar surface area (TPSA) is 112 Å². The maximum atomic E-state index is 13.9. The van der Waals surface area contributed by atoms with Crippen LogP contribution in [0.2, 0.25) is 0 Å². The summed E-state index contributed by atoms with van der Waals surface area (Å²) in [6.45, 7) is 4.36. The van der Waals surface area contributed by atoms with Gasteiger partial charge in [-0.2, -0.15) is 23.7 Å². The molecule has 1 aromatic heterocycles. The molecule has 2 atom stereocenters. The molecule has 3 aliphatic rings. The molecule has 2 aliphatic carbocycles. The number of hydrazine groups is 2. The molecule has 8 nitrogen and oxygen atoms in total. The van der Waals surface area contributed by atoms with Crippen molar-refractivity contribution in [3.05, 3.63) is 77.0 Å². The number of hydrogen-bond donors (Lipinski definition) is 4. The molecule has 2 aromatic carbocycles. The van der Waals surface area contributed by atoms with Gasteiger partial charge in [0.25, 0.3) is 0 Å². The number of fused-ring (bicyclic) bond motifs is 1. The van der Waals surface area contributed by atoms with Crippen molar-refractivity contribution >= 4 is 22.3 Å². The number of nitrogens with one attached hydrogen (secondary N) is 4. The maximum Gasteiger partial charge on any atom is 0.413 e. The third-order valence-corrected chi connectivity index (χ3v) is 8.91. The molecular weight excluding hydrogens is 560 g/mol. The van der Waals surface area contributed by atoms with Gasteiger partial charge in [0.05, 0.1) is 34.1 Å². The van der Waals surface area contributed by atoms with Gasteiger partial charge >= 0.3 is 6.18 Å². The summed E-state index contributed by atoms with van der Waals surface area (Å²) in [4.78, 5) is 4.43. The fourth-order valence-corrected chi connectivity index (χ4v) is 6.13. The Morgan fingerprint density at radius 2 is 1.79 bits per heavy atom. The van der Waals surface area contributed by atoms with E-state index in [-0.39, 0.29) is 29.9 Å². The van der Waals surface area contributed by atoms with Crippen LogP contribution in [0.1, 0.15) is 68.7 Å². The highest BCUT2D eigenvalue weighted by atomic mass is 19.4. The zero-order valence-electron chi connectivity index (χ0n) is 23.6. The van der Waals surface area contributed by atoms with Gasteiger partial charge in [-0.1, -0.05) is 32.4 Å². The van der Waals surface area contributed by atoms with Crippen molar-refractivity contribution in [3.63, 3.8) is 0 Å². The Bertz CT molecular complexity index is 1680. The molecule has 222 valence electrons. The van der Waals surface area contributed by atoms with Crippen LogP contribution in [0.5, 0.6) is 0 Å². The van der Waals surface area contributed by atoms with Crippen molar-refractivity contribution < 1.29 is 17.6 Å². The Morgan fingerprint density at radius 1 is 1.07 bits per heavy atom. The molecule has 43 heavy (non-hydrogen) atoms. The highest BCUT2D eigenvalue weighted by Gasteiger charge is 2.67. The Balaban J connectivity index is 1.43. The van der Waals surface area contributed by atoms with Gasteiger partial charge in [0.2, 0.25) is 0 Å². The molecule has 1 aliphatic heterocycles. The van der Waals surface area contributed by atoms with Crippen LogP contribution in [0.3, 0.4) is 0 Å². The summed E-state index contributed by atoms with van der Waals surface area (Å²) >= 11 is 0. The molecule has 2 heterocycles. The third kappa shape index (κ3) is 5.06. The second kappa shape index (κ2) is 10.3. The zero-order chi connectivity index (χ0) is 30.6. The first-order chi connectivity index (χ1) is 20.5. The number of anilines is 2. The number of rotatable bonds is 7. The number of benzene rings is 2. The molecule has 0 radical (unpaired) electrons. The molecule has 0 spiro atoms. The van der Waals surface area contributed by atoms with E-state index in [1.165, 1.54) is 24.5 Å². The minimum absolute atomic E-state index is 0.00125. The highest BCUT2D eigenvalue weighted by Crippen LogP contribution is 2.54. The smallest absolute Gasteiger partial charge is 0.380 e. The molecular formula is C31H30F4N8. The van der Waals surface area contributed by atoms with E-state index in [2.05, 4.69) is 52.6 Å². The van der Waals surface area contributed by atoms with Crippen molar-refractivity contribution in [2.24, 2.45) is 5.41 Å². The maximum absolute atomic E-state index is 13.9. The van der Waals surface area contributed by atoms with Gasteiger partial charge in [-0.25, -0.2) is 4.39 Å². The van der Waals surface area contributed by atoms with Crippen LogP contribution >= 0.6 is 0 Å². The first-order valence-corrected chi connectivity index (χ1v) is 14.1. The summed E-state index contributed by atoms with van der Waals surface area (Å²) in [5.74, 6) is -0.456. The lowest BCUT2D eigenvalue weighted by atomic mass is 9.87. The normalized spacial score (nSPS) is 21.0. The summed E-state index contributed by atoms with van der Waals surface area (Å²) in [5.41, 5.74) is 6.53. The quantitative estimate of drug-likeness (QED) is 0.230. The van der Waals surface area contributed by atoms with Crippen LogP contribution in [0, 0.1) is 33.9 Å². The Hall–Kier alpha value is -4.55. The summed E-state index contributed by atoms with van der Waals surface area (Å²) in [6, 6.07) is 12.8. The molecule has 1 unspecified atom stereocenters. The molecule has 0 amide bonds. The second-order valence-electron chi connectivity index (χ2n) is 12.1. The van der Waals surface area contributed by atoms with Crippen molar-refractivity contribution in [3.8, 4) is 12.1 Å². The SMILES string of the molecule is CC1(C)CCCC1Nc1c(C#N)cnc2c(C#N)cc(N[C@H](C3=CN(C4(C(F)(F)F)CC4)NN3)c3ccc(F)cc3)cc12. The Labute approximate surface area is 246 Å². The predicted molar refractivity (Wildman–Crippen MR) is 153 cm³/mol. The van der Waals surface area contributed by atoms with Gasteiger partial charge in [0.15, 0.2) is 5.54 Å². The van der Waals surface area contributed by atoms with Crippen LogP contribution in [-0.4, -0.2) is 27.7 Å². The molecule has 6 rings (SSSR count). The van der Waals surface area contributed by atoms with Gasteiger partial charge in [-0.05, 0) is 60.9 Å². The number of hydrogen-bond acceptors (Lipinski definition) is 8. The van der Waals surface area contributed by atoms with E-state index in [1.54, 1.807) is 24.3 Å². The molecule has 12 heteroatoms. The first kappa shape index (κ1) is 28.6. The van der Waals surface area contributed by atoms with Crippen molar-refractivity contribution in [2.75, 3.05) is 10.6 Å². The lowest BCUT2D eigenvalue weighted by molar-refractivity contribution is -0.195. The van der Waals surface area contributed by atoms with E-state index in [0.29, 0.717) is 39.1 Å². The van der Waals surface area contributed by atoms with E-state index >= 15 is 0 Å². The van der Waals surface area contributed by atoms with E-state index in [1.807, 2.05) is 0 Å². The van der Waals surface area contributed by atoms with Crippen LogP contribution in [0.25, 0.3) is 10.9 Å². The van der Waals surface area contributed by atoms with E-state index in [9.17, 15) is 28.1 Å². The Kier molecular flexibility index (Phi) is 6.85. The number of pyridine rings is 1. The molecule has 0 saturated heterocycles. The summed E-state index contributed by atoms with van der Waals surface area (Å²) < 4.78 is 55.4.